The third-order valence-electron chi connectivity index (χ3n) is 6.97. The topological polar surface area (TPSA) is 70.4 Å². The smallest absolute Gasteiger partial charge is 0.267 e. The van der Waals surface area contributed by atoms with Crippen LogP contribution in [-0.4, -0.2) is 64.3 Å². The summed E-state index contributed by atoms with van der Waals surface area (Å²) in [6, 6.07) is 11.8. The normalized spacial score (nSPS) is 17.2. The van der Waals surface area contributed by atoms with Gasteiger partial charge in [0.1, 0.15) is 21.5 Å². The maximum Gasteiger partial charge on any atom is 0.267 e. The van der Waals surface area contributed by atoms with Crippen molar-refractivity contribution in [2.75, 3.05) is 49.6 Å². The van der Waals surface area contributed by atoms with Crippen LogP contribution in [0.3, 0.4) is 0 Å². The van der Waals surface area contributed by atoms with Gasteiger partial charge in [-0.05, 0) is 55.3 Å². The van der Waals surface area contributed by atoms with Crippen LogP contribution in [0.2, 0.25) is 0 Å². The number of nitrogens with zero attached hydrogens (tertiary/aromatic N) is 5. The third kappa shape index (κ3) is 5.02. The summed E-state index contributed by atoms with van der Waals surface area (Å²) >= 11 is 6.75. The standard InChI is InChI=1S/C28H31N5O3S2/c1-4-5-12-33-27(35)23(38-28(33)37)18-22-25(29-24-19(2)7-6-13-32(24)26(22)34)31-16-14-30(15-17-31)20-8-10-21(36-3)11-9-20/h6-11,13,18H,4-5,12,14-17H2,1-3H3. The number of benzene rings is 1. The number of rotatable bonds is 7. The number of amides is 1. The average Bonchev–Trinajstić information content (AvgIpc) is 3.21. The number of carbonyl (C=O) groups excluding carboxylic acids is 1. The Morgan fingerprint density at radius 1 is 1.08 bits per heavy atom. The minimum Gasteiger partial charge on any atom is -0.497 e. The van der Waals surface area contributed by atoms with Crippen LogP contribution in [0.5, 0.6) is 5.75 Å². The number of carbonyl (C=O) groups is 1. The van der Waals surface area contributed by atoms with E-state index in [1.54, 1.807) is 28.7 Å². The molecular formula is C28H31N5O3S2. The van der Waals surface area contributed by atoms with E-state index in [0.717, 1.165) is 42.9 Å². The zero-order valence-electron chi connectivity index (χ0n) is 21.8. The molecule has 2 aliphatic heterocycles. The Kier molecular flexibility index (Phi) is 7.71. The average molecular weight is 550 g/mol. The van der Waals surface area contributed by atoms with Gasteiger partial charge >= 0.3 is 0 Å². The predicted octanol–water partition coefficient (Wildman–Crippen LogP) is 4.34. The second-order valence-electron chi connectivity index (χ2n) is 9.40. The van der Waals surface area contributed by atoms with Crippen molar-refractivity contribution in [2.45, 2.75) is 26.7 Å². The monoisotopic (exact) mass is 549 g/mol. The minimum atomic E-state index is -0.190. The van der Waals surface area contributed by atoms with Gasteiger partial charge in [0.05, 0.1) is 17.6 Å². The van der Waals surface area contributed by atoms with E-state index in [-0.39, 0.29) is 11.5 Å². The molecule has 2 saturated heterocycles. The van der Waals surface area contributed by atoms with Crippen LogP contribution in [0.4, 0.5) is 11.5 Å². The molecule has 1 amide bonds. The summed E-state index contributed by atoms with van der Waals surface area (Å²) in [7, 11) is 1.66. The Bertz CT molecular complexity index is 1460. The predicted molar refractivity (Wildman–Crippen MR) is 158 cm³/mol. The molecule has 0 radical (unpaired) electrons. The van der Waals surface area contributed by atoms with Crippen molar-refractivity contribution in [3.8, 4) is 5.75 Å². The van der Waals surface area contributed by atoms with Crippen LogP contribution in [0.15, 0.2) is 52.3 Å². The highest BCUT2D eigenvalue weighted by molar-refractivity contribution is 8.26. The Balaban J connectivity index is 1.50. The summed E-state index contributed by atoms with van der Waals surface area (Å²) in [4.78, 5) is 38.5. The second kappa shape index (κ2) is 11.2. The number of aryl methyl sites for hydroxylation is 1. The van der Waals surface area contributed by atoms with Crippen LogP contribution >= 0.6 is 24.0 Å². The maximum absolute atomic E-state index is 13.8. The van der Waals surface area contributed by atoms with E-state index in [1.807, 2.05) is 31.2 Å². The molecule has 0 saturated carbocycles. The first-order valence-corrected chi connectivity index (χ1v) is 14.0. The van der Waals surface area contributed by atoms with Crippen LogP contribution in [0.1, 0.15) is 30.9 Å². The van der Waals surface area contributed by atoms with Gasteiger partial charge in [0, 0.05) is 44.6 Å². The molecule has 2 fully saturated rings. The van der Waals surface area contributed by atoms with Gasteiger partial charge in [0.15, 0.2) is 0 Å². The number of hydrogen-bond acceptors (Lipinski definition) is 8. The largest absolute Gasteiger partial charge is 0.497 e. The number of ether oxygens (including phenoxy) is 1. The molecule has 4 heterocycles. The van der Waals surface area contributed by atoms with Crippen molar-refractivity contribution in [3.63, 3.8) is 0 Å². The molecule has 3 aromatic rings. The Labute approximate surface area is 231 Å². The van der Waals surface area contributed by atoms with Gasteiger partial charge < -0.3 is 14.5 Å². The van der Waals surface area contributed by atoms with E-state index >= 15 is 0 Å². The number of unbranched alkanes of at least 4 members (excludes halogenated alkanes) is 1. The number of hydrogen-bond donors (Lipinski definition) is 0. The number of anilines is 2. The number of fused-ring (bicyclic) bond motifs is 1. The third-order valence-corrected chi connectivity index (χ3v) is 8.34. The first-order valence-electron chi connectivity index (χ1n) is 12.8. The molecule has 0 spiro atoms. The highest BCUT2D eigenvalue weighted by Crippen LogP contribution is 2.34. The van der Waals surface area contributed by atoms with Crippen LogP contribution in [-0.2, 0) is 4.79 Å². The molecule has 2 aromatic heterocycles. The number of thioether (sulfide) groups is 1. The summed E-state index contributed by atoms with van der Waals surface area (Å²) < 4.78 is 7.39. The van der Waals surface area contributed by atoms with Crippen molar-refractivity contribution in [1.29, 1.82) is 0 Å². The summed E-state index contributed by atoms with van der Waals surface area (Å²) in [5.74, 6) is 1.29. The van der Waals surface area contributed by atoms with Gasteiger partial charge in [-0.25, -0.2) is 4.98 Å². The van der Waals surface area contributed by atoms with Crippen molar-refractivity contribution in [1.82, 2.24) is 14.3 Å². The molecule has 0 bridgehead atoms. The quantitative estimate of drug-likeness (QED) is 0.319. The van der Waals surface area contributed by atoms with Gasteiger partial charge in [-0.1, -0.05) is 43.4 Å². The molecule has 38 heavy (non-hydrogen) atoms. The highest BCUT2D eigenvalue weighted by atomic mass is 32.2. The molecule has 0 N–H and O–H groups in total. The Hall–Kier alpha value is -3.37. The Morgan fingerprint density at radius 2 is 1.79 bits per heavy atom. The first-order chi connectivity index (χ1) is 18.4. The van der Waals surface area contributed by atoms with Gasteiger partial charge in [-0.3, -0.25) is 18.9 Å². The lowest BCUT2D eigenvalue weighted by atomic mass is 10.2. The number of thiocarbonyl (C=S) groups is 1. The fourth-order valence-electron chi connectivity index (χ4n) is 4.78. The Morgan fingerprint density at radius 3 is 2.47 bits per heavy atom. The van der Waals surface area contributed by atoms with Gasteiger partial charge in [0.25, 0.3) is 11.5 Å². The summed E-state index contributed by atoms with van der Waals surface area (Å²) in [5.41, 5.74) is 2.90. The van der Waals surface area contributed by atoms with Crippen molar-refractivity contribution in [2.24, 2.45) is 0 Å². The lowest BCUT2D eigenvalue weighted by Crippen LogP contribution is -2.47. The summed E-state index contributed by atoms with van der Waals surface area (Å²) in [6.07, 6.45) is 5.27. The first kappa shape index (κ1) is 26.2. The molecule has 198 valence electrons. The van der Waals surface area contributed by atoms with E-state index in [4.69, 9.17) is 21.9 Å². The number of piperazine rings is 1. The molecule has 0 aliphatic carbocycles. The van der Waals surface area contributed by atoms with E-state index in [0.29, 0.717) is 45.9 Å². The minimum absolute atomic E-state index is 0.141. The van der Waals surface area contributed by atoms with Crippen LogP contribution < -0.4 is 20.1 Å². The number of pyridine rings is 1. The second-order valence-corrected chi connectivity index (χ2v) is 11.1. The van der Waals surface area contributed by atoms with Crippen molar-refractivity contribution in [3.05, 3.63) is 69.0 Å². The van der Waals surface area contributed by atoms with Gasteiger partial charge in [-0.15, -0.1) is 0 Å². The fraction of sp³-hybridized carbons (Fsp3) is 0.357. The summed E-state index contributed by atoms with van der Waals surface area (Å²) in [5, 5.41) is 0. The highest BCUT2D eigenvalue weighted by Gasteiger charge is 2.33. The van der Waals surface area contributed by atoms with Gasteiger partial charge in [0.2, 0.25) is 0 Å². The molecule has 10 heteroatoms. The number of aromatic nitrogens is 2. The maximum atomic E-state index is 13.8. The number of methoxy groups -OCH3 is 1. The molecule has 1 aromatic carbocycles. The molecule has 5 rings (SSSR count). The van der Waals surface area contributed by atoms with Crippen LogP contribution in [0, 0.1) is 6.92 Å². The van der Waals surface area contributed by atoms with E-state index in [9.17, 15) is 9.59 Å². The zero-order chi connectivity index (χ0) is 26.8. The molecule has 2 aliphatic rings. The molecule has 0 atom stereocenters. The molecular weight excluding hydrogens is 518 g/mol. The molecule has 0 unspecified atom stereocenters. The zero-order valence-corrected chi connectivity index (χ0v) is 23.5. The fourth-order valence-corrected chi connectivity index (χ4v) is 6.07. The van der Waals surface area contributed by atoms with Crippen molar-refractivity contribution < 1.29 is 9.53 Å². The van der Waals surface area contributed by atoms with Crippen molar-refractivity contribution >= 4 is 57.4 Å². The molecule has 8 nitrogen and oxygen atoms in total. The van der Waals surface area contributed by atoms with Gasteiger partial charge in [-0.2, -0.15) is 0 Å². The lowest BCUT2D eigenvalue weighted by Gasteiger charge is -2.37. The summed E-state index contributed by atoms with van der Waals surface area (Å²) in [6.45, 7) is 7.56. The van der Waals surface area contributed by atoms with E-state index in [2.05, 4.69) is 28.9 Å². The lowest BCUT2D eigenvalue weighted by molar-refractivity contribution is -0.122. The van der Waals surface area contributed by atoms with Crippen LogP contribution in [0.25, 0.3) is 11.7 Å². The van der Waals surface area contributed by atoms with E-state index in [1.165, 1.54) is 11.8 Å². The van der Waals surface area contributed by atoms with E-state index < -0.39 is 0 Å². The SMILES string of the molecule is CCCCN1C(=O)C(=Cc2c(N3CCN(c4ccc(OC)cc4)CC3)nc3c(C)cccn3c2=O)SC1=S.